The molecule has 0 aromatic heterocycles. The van der Waals surface area contributed by atoms with E-state index in [2.05, 4.69) is 0 Å². The summed E-state index contributed by atoms with van der Waals surface area (Å²) in [6.07, 6.45) is 1.56. The number of hydrogen-bond donors (Lipinski definition) is 1. The molecule has 2 unspecified atom stereocenters. The molecular weight excluding hydrogens is 298 g/mol. The zero-order chi connectivity index (χ0) is 17.0. The predicted octanol–water partition coefficient (Wildman–Crippen LogP) is 1.96. The van der Waals surface area contributed by atoms with E-state index in [9.17, 15) is 14.7 Å². The molecule has 2 rings (SSSR count). The van der Waals surface area contributed by atoms with Crippen LogP contribution in [0.4, 0.5) is 0 Å². The van der Waals surface area contributed by atoms with Gasteiger partial charge in [-0.3, -0.25) is 9.59 Å². The van der Waals surface area contributed by atoms with Crippen LogP contribution in [0.25, 0.3) is 0 Å². The third-order valence-electron chi connectivity index (χ3n) is 4.35. The molecule has 1 aromatic carbocycles. The normalized spacial score (nSPS) is 20.9. The highest BCUT2D eigenvalue weighted by Gasteiger charge is 2.32. The Morgan fingerprint density at radius 2 is 1.91 bits per heavy atom. The van der Waals surface area contributed by atoms with Crippen LogP contribution < -0.4 is 9.47 Å². The highest BCUT2D eigenvalue weighted by molar-refractivity contribution is 5.80. The average molecular weight is 321 g/mol. The number of piperidine rings is 1. The van der Waals surface area contributed by atoms with Gasteiger partial charge in [-0.05, 0) is 37.5 Å². The van der Waals surface area contributed by atoms with E-state index in [1.54, 1.807) is 31.3 Å². The number of hydrogen-bond acceptors (Lipinski definition) is 4. The molecule has 1 fully saturated rings. The maximum atomic E-state index is 12.6. The molecule has 23 heavy (non-hydrogen) atoms. The van der Waals surface area contributed by atoms with E-state index in [1.807, 2.05) is 13.0 Å². The molecule has 1 amide bonds. The molecule has 2 atom stereocenters. The monoisotopic (exact) mass is 321 g/mol. The lowest BCUT2D eigenvalue weighted by atomic mass is 9.93. The Hall–Kier alpha value is -2.24. The number of carboxylic acid groups (broad SMARTS) is 1. The van der Waals surface area contributed by atoms with Crippen LogP contribution in [0.1, 0.15) is 25.3 Å². The number of rotatable bonds is 5. The van der Waals surface area contributed by atoms with Crippen molar-refractivity contribution in [3.63, 3.8) is 0 Å². The van der Waals surface area contributed by atoms with E-state index >= 15 is 0 Å². The summed E-state index contributed by atoms with van der Waals surface area (Å²) in [6, 6.07) is 5.43. The Morgan fingerprint density at radius 3 is 2.52 bits per heavy atom. The topological polar surface area (TPSA) is 76.1 Å². The number of likely N-dealkylation sites (tertiary alicyclic amines) is 1. The fourth-order valence-corrected chi connectivity index (χ4v) is 2.92. The Balaban J connectivity index is 2.10. The van der Waals surface area contributed by atoms with Gasteiger partial charge in [-0.2, -0.15) is 0 Å². The molecule has 6 heteroatoms. The number of carboxylic acids is 1. The third kappa shape index (κ3) is 3.94. The minimum Gasteiger partial charge on any atom is -0.493 e. The molecule has 1 N–H and O–H groups in total. The molecule has 0 bridgehead atoms. The van der Waals surface area contributed by atoms with Crippen molar-refractivity contribution in [2.24, 2.45) is 5.92 Å². The van der Waals surface area contributed by atoms with Crippen molar-refractivity contribution in [1.82, 2.24) is 4.90 Å². The summed E-state index contributed by atoms with van der Waals surface area (Å²) in [4.78, 5) is 25.4. The van der Waals surface area contributed by atoms with Crippen molar-refractivity contribution in [3.05, 3.63) is 23.8 Å². The number of ether oxygens (including phenoxy) is 2. The Kier molecular flexibility index (Phi) is 5.47. The van der Waals surface area contributed by atoms with Gasteiger partial charge in [0.25, 0.3) is 0 Å². The van der Waals surface area contributed by atoms with Gasteiger partial charge in [0.15, 0.2) is 11.5 Å². The maximum absolute atomic E-state index is 12.6. The Bertz CT molecular complexity index is 586. The molecule has 0 spiro atoms. The summed E-state index contributed by atoms with van der Waals surface area (Å²) in [5.74, 6) is -0.175. The number of benzene rings is 1. The Labute approximate surface area is 136 Å². The van der Waals surface area contributed by atoms with Crippen LogP contribution in [0.2, 0.25) is 0 Å². The average Bonchev–Trinajstić information content (AvgIpc) is 2.54. The number of carbonyl (C=O) groups excluding carboxylic acids is 1. The Morgan fingerprint density at radius 1 is 1.22 bits per heavy atom. The molecule has 0 aliphatic carbocycles. The summed E-state index contributed by atoms with van der Waals surface area (Å²) < 4.78 is 10.4. The quantitative estimate of drug-likeness (QED) is 0.897. The minimum absolute atomic E-state index is 0.0596. The summed E-state index contributed by atoms with van der Waals surface area (Å²) >= 11 is 0. The first-order chi connectivity index (χ1) is 11.0. The van der Waals surface area contributed by atoms with Crippen molar-refractivity contribution in [3.8, 4) is 11.5 Å². The molecule has 6 nitrogen and oxygen atoms in total. The fourth-order valence-electron chi connectivity index (χ4n) is 2.92. The molecule has 126 valence electrons. The van der Waals surface area contributed by atoms with Crippen LogP contribution in [0, 0.1) is 5.92 Å². The number of nitrogens with zero attached hydrogens (tertiary/aromatic N) is 1. The standard InChI is InChI=1S/C17H23NO5/c1-11-4-6-13(17(20)21)10-18(11)16(19)9-12-5-7-14(22-2)15(8-12)23-3/h5,7-8,11,13H,4,6,9-10H2,1-3H3,(H,20,21). The molecule has 1 aliphatic heterocycles. The van der Waals surface area contributed by atoms with Crippen molar-refractivity contribution in [2.45, 2.75) is 32.2 Å². The second-order valence-electron chi connectivity index (χ2n) is 5.87. The van der Waals surface area contributed by atoms with Crippen LogP contribution in [-0.4, -0.2) is 48.7 Å². The fraction of sp³-hybridized carbons (Fsp3) is 0.529. The van der Waals surface area contributed by atoms with E-state index in [0.717, 1.165) is 5.56 Å². The maximum Gasteiger partial charge on any atom is 0.308 e. The van der Waals surface area contributed by atoms with Gasteiger partial charge >= 0.3 is 5.97 Å². The smallest absolute Gasteiger partial charge is 0.308 e. The van der Waals surface area contributed by atoms with Gasteiger partial charge in [0.05, 0.1) is 26.6 Å². The van der Waals surface area contributed by atoms with Crippen LogP contribution in [0.3, 0.4) is 0 Å². The number of methoxy groups -OCH3 is 2. The van der Waals surface area contributed by atoms with Gasteiger partial charge in [-0.1, -0.05) is 6.07 Å². The van der Waals surface area contributed by atoms with E-state index in [-0.39, 0.29) is 24.9 Å². The molecule has 0 radical (unpaired) electrons. The zero-order valence-electron chi connectivity index (χ0n) is 13.7. The SMILES string of the molecule is COc1ccc(CC(=O)N2CC(C(=O)O)CCC2C)cc1OC. The summed E-state index contributed by atoms with van der Waals surface area (Å²) in [5, 5.41) is 9.17. The summed E-state index contributed by atoms with van der Waals surface area (Å²) in [7, 11) is 3.11. The zero-order valence-corrected chi connectivity index (χ0v) is 13.7. The highest BCUT2D eigenvalue weighted by Crippen LogP contribution is 2.28. The molecule has 1 aliphatic rings. The van der Waals surface area contributed by atoms with Gasteiger partial charge in [-0.15, -0.1) is 0 Å². The molecule has 1 aromatic rings. The second kappa shape index (κ2) is 7.35. The van der Waals surface area contributed by atoms with E-state index < -0.39 is 11.9 Å². The lowest BCUT2D eigenvalue weighted by molar-refractivity contribution is -0.146. The summed E-state index contributed by atoms with van der Waals surface area (Å²) in [5.41, 5.74) is 0.817. The van der Waals surface area contributed by atoms with E-state index in [0.29, 0.717) is 24.3 Å². The summed E-state index contributed by atoms with van der Waals surface area (Å²) in [6.45, 7) is 2.24. The van der Waals surface area contributed by atoms with Crippen LogP contribution in [-0.2, 0) is 16.0 Å². The molecule has 0 saturated carbocycles. The molecule has 1 heterocycles. The minimum atomic E-state index is -0.833. The van der Waals surface area contributed by atoms with Gasteiger partial charge in [-0.25, -0.2) is 0 Å². The number of carbonyl (C=O) groups is 2. The van der Waals surface area contributed by atoms with Crippen LogP contribution >= 0.6 is 0 Å². The number of aliphatic carboxylic acids is 1. The molecule has 1 saturated heterocycles. The largest absolute Gasteiger partial charge is 0.493 e. The van der Waals surface area contributed by atoms with E-state index in [4.69, 9.17) is 9.47 Å². The number of amides is 1. The van der Waals surface area contributed by atoms with Crippen LogP contribution in [0.15, 0.2) is 18.2 Å². The van der Waals surface area contributed by atoms with Crippen molar-refractivity contribution < 1.29 is 24.2 Å². The molecular formula is C17H23NO5. The van der Waals surface area contributed by atoms with E-state index in [1.165, 1.54) is 0 Å². The van der Waals surface area contributed by atoms with Gasteiger partial charge in [0, 0.05) is 12.6 Å². The van der Waals surface area contributed by atoms with Crippen molar-refractivity contribution in [2.75, 3.05) is 20.8 Å². The van der Waals surface area contributed by atoms with Crippen molar-refractivity contribution in [1.29, 1.82) is 0 Å². The lowest BCUT2D eigenvalue weighted by Gasteiger charge is -2.36. The van der Waals surface area contributed by atoms with Gasteiger partial charge in [0.2, 0.25) is 5.91 Å². The van der Waals surface area contributed by atoms with Crippen LogP contribution in [0.5, 0.6) is 11.5 Å². The second-order valence-corrected chi connectivity index (χ2v) is 5.87. The first-order valence-corrected chi connectivity index (χ1v) is 7.69. The van der Waals surface area contributed by atoms with Gasteiger partial charge in [0.1, 0.15) is 0 Å². The van der Waals surface area contributed by atoms with Gasteiger partial charge < -0.3 is 19.5 Å². The predicted molar refractivity (Wildman–Crippen MR) is 84.8 cm³/mol. The highest BCUT2D eigenvalue weighted by atomic mass is 16.5. The first-order valence-electron chi connectivity index (χ1n) is 7.69. The first kappa shape index (κ1) is 17.1. The lowest BCUT2D eigenvalue weighted by Crippen LogP contribution is -2.47. The third-order valence-corrected chi connectivity index (χ3v) is 4.35. The van der Waals surface area contributed by atoms with Crippen molar-refractivity contribution >= 4 is 11.9 Å².